The first-order valence-corrected chi connectivity index (χ1v) is 13.5. The topological polar surface area (TPSA) is 113 Å². The van der Waals surface area contributed by atoms with Crippen molar-refractivity contribution in [3.05, 3.63) is 48.4 Å². The lowest BCUT2D eigenvalue weighted by Crippen LogP contribution is -2.53. The predicted molar refractivity (Wildman–Crippen MR) is 149 cm³/mol. The SMILES string of the molecule is Cc1cc(-c2ccc(-c3ccc(N(C)C4CC5CC[C@@H](C4)N5C(=O)OC(C)(C)C)nn3)c3[nH]ncc23)cnn1. The molecule has 0 radical (unpaired) electrons. The number of nitrogens with one attached hydrogen (secondary N) is 1. The maximum Gasteiger partial charge on any atom is 0.410 e. The van der Waals surface area contributed by atoms with Crippen LogP contribution in [0.5, 0.6) is 0 Å². The smallest absolute Gasteiger partial charge is 0.410 e. The number of hydrogen-bond acceptors (Lipinski definition) is 8. The number of carbonyl (C=O) groups excluding carboxylic acids is 1. The molecule has 4 aromatic rings. The maximum atomic E-state index is 12.8. The summed E-state index contributed by atoms with van der Waals surface area (Å²) in [5.74, 6) is 0.824. The second-order valence-corrected chi connectivity index (χ2v) is 11.7. The molecule has 2 aliphatic rings. The van der Waals surface area contributed by atoms with E-state index < -0.39 is 5.60 Å². The largest absolute Gasteiger partial charge is 0.444 e. The van der Waals surface area contributed by atoms with Crippen LogP contribution in [0.3, 0.4) is 0 Å². The average molecular weight is 527 g/mol. The lowest BCUT2D eigenvalue weighted by atomic mass is 9.96. The average Bonchev–Trinajstić information content (AvgIpc) is 3.49. The second-order valence-electron chi connectivity index (χ2n) is 11.7. The van der Waals surface area contributed by atoms with Crippen molar-refractivity contribution >= 4 is 22.8 Å². The molecule has 2 bridgehead atoms. The Bertz CT molecular complexity index is 1500. The normalized spacial score (nSPS) is 20.8. The maximum absolute atomic E-state index is 12.8. The third-order valence-electron chi connectivity index (χ3n) is 7.85. The van der Waals surface area contributed by atoms with Gasteiger partial charge in [0, 0.05) is 41.7 Å². The number of H-pyrrole nitrogens is 1. The molecule has 0 aliphatic carbocycles. The molecule has 5 heterocycles. The standard InChI is InChI=1S/C29H34N8O2/c1-17-12-18(15-30-32-17)22-8-9-23(27-24(22)16-31-35-27)25-10-11-26(34-33-25)36(5)21-13-19-6-7-20(14-21)37(19)28(38)39-29(2,3)4/h8-12,15-16,19-21H,6-7,13-14H2,1-5H3,(H,31,35)/t19-,20?,21?/m0/s1. The lowest BCUT2D eigenvalue weighted by Gasteiger charge is -2.42. The van der Waals surface area contributed by atoms with Crippen LogP contribution < -0.4 is 4.90 Å². The zero-order chi connectivity index (χ0) is 27.3. The van der Waals surface area contributed by atoms with Crippen LogP contribution >= 0.6 is 0 Å². The molecule has 1 aromatic carbocycles. The van der Waals surface area contributed by atoms with Gasteiger partial charge in [-0.3, -0.25) is 5.10 Å². The van der Waals surface area contributed by atoms with Gasteiger partial charge in [0.1, 0.15) is 5.60 Å². The monoisotopic (exact) mass is 526 g/mol. The number of carbonyl (C=O) groups is 1. The number of nitrogens with zero attached hydrogens (tertiary/aromatic N) is 7. The van der Waals surface area contributed by atoms with Gasteiger partial charge in [-0.2, -0.15) is 15.3 Å². The quantitative estimate of drug-likeness (QED) is 0.388. The van der Waals surface area contributed by atoms with Crippen LogP contribution in [0.4, 0.5) is 10.6 Å². The van der Waals surface area contributed by atoms with E-state index in [4.69, 9.17) is 4.74 Å². The van der Waals surface area contributed by atoms with Crippen LogP contribution in [0.25, 0.3) is 33.3 Å². The van der Waals surface area contributed by atoms with E-state index in [2.05, 4.69) is 48.6 Å². The van der Waals surface area contributed by atoms with Gasteiger partial charge >= 0.3 is 6.09 Å². The highest BCUT2D eigenvalue weighted by atomic mass is 16.6. The van der Waals surface area contributed by atoms with Crippen molar-refractivity contribution in [1.82, 2.24) is 35.5 Å². The summed E-state index contributed by atoms with van der Waals surface area (Å²) in [6.45, 7) is 7.68. The fraction of sp³-hybridized carbons (Fsp3) is 0.448. The Morgan fingerprint density at radius 3 is 2.44 bits per heavy atom. The van der Waals surface area contributed by atoms with Gasteiger partial charge in [0.25, 0.3) is 0 Å². The molecule has 3 atom stereocenters. The summed E-state index contributed by atoms with van der Waals surface area (Å²) in [4.78, 5) is 17.0. The molecule has 1 N–H and O–H groups in total. The van der Waals surface area contributed by atoms with Gasteiger partial charge in [-0.15, -0.1) is 10.2 Å². The van der Waals surface area contributed by atoms with Crippen LogP contribution in [0.15, 0.2) is 42.7 Å². The van der Waals surface area contributed by atoms with Crippen molar-refractivity contribution in [2.75, 3.05) is 11.9 Å². The minimum atomic E-state index is -0.487. The molecule has 2 fully saturated rings. The highest BCUT2D eigenvalue weighted by Gasteiger charge is 2.46. The van der Waals surface area contributed by atoms with E-state index >= 15 is 0 Å². The molecule has 0 saturated carbocycles. The number of anilines is 1. The van der Waals surface area contributed by atoms with Gasteiger partial charge in [-0.25, -0.2) is 4.79 Å². The van der Waals surface area contributed by atoms with Crippen molar-refractivity contribution in [2.45, 2.75) is 77.1 Å². The Morgan fingerprint density at radius 1 is 1.03 bits per heavy atom. The van der Waals surface area contributed by atoms with Crippen molar-refractivity contribution < 1.29 is 9.53 Å². The van der Waals surface area contributed by atoms with Crippen molar-refractivity contribution in [1.29, 1.82) is 0 Å². The van der Waals surface area contributed by atoms with E-state index in [1.807, 2.05) is 63.1 Å². The first-order valence-electron chi connectivity index (χ1n) is 13.5. The number of ether oxygens (including phenoxy) is 1. The van der Waals surface area contributed by atoms with E-state index in [0.29, 0.717) is 0 Å². The van der Waals surface area contributed by atoms with Gasteiger partial charge in [-0.05, 0) is 83.2 Å². The van der Waals surface area contributed by atoms with E-state index in [9.17, 15) is 4.79 Å². The first-order chi connectivity index (χ1) is 18.7. The zero-order valence-corrected chi connectivity index (χ0v) is 23.0. The molecule has 39 heavy (non-hydrogen) atoms. The zero-order valence-electron chi connectivity index (χ0n) is 23.0. The van der Waals surface area contributed by atoms with Gasteiger partial charge in [-0.1, -0.05) is 6.07 Å². The molecule has 1 amide bonds. The van der Waals surface area contributed by atoms with Gasteiger partial charge in [0.15, 0.2) is 5.82 Å². The molecule has 3 aromatic heterocycles. The summed E-state index contributed by atoms with van der Waals surface area (Å²) in [5.41, 5.74) is 5.03. The summed E-state index contributed by atoms with van der Waals surface area (Å²) < 4.78 is 5.69. The molecule has 202 valence electrons. The number of rotatable bonds is 4. The highest BCUT2D eigenvalue weighted by molar-refractivity contribution is 6.01. The van der Waals surface area contributed by atoms with Gasteiger partial charge < -0.3 is 14.5 Å². The summed E-state index contributed by atoms with van der Waals surface area (Å²) in [6, 6.07) is 10.9. The Labute approximate surface area is 227 Å². The third kappa shape index (κ3) is 4.79. The fourth-order valence-electron chi connectivity index (χ4n) is 6.04. The third-order valence-corrected chi connectivity index (χ3v) is 7.85. The molecule has 2 unspecified atom stereocenters. The molecule has 2 aliphatic heterocycles. The summed E-state index contributed by atoms with van der Waals surface area (Å²) in [6.07, 6.45) is 7.24. The Kier molecular flexibility index (Phi) is 6.20. The molecule has 10 heteroatoms. The Balaban J connectivity index is 1.20. The summed E-state index contributed by atoms with van der Waals surface area (Å²) >= 11 is 0. The molecular weight excluding hydrogens is 492 g/mol. The van der Waals surface area contributed by atoms with Gasteiger partial charge in [0.05, 0.1) is 29.3 Å². The number of amides is 1. The summed E-state index contributed by atoms with van der Waals surface area (Å²) in [7, 11) is 2.07. The highest BCUT2D eigenvalue weighted by Crippen LogP contribution is 2.39. The number of piperidine rings is 1. The fourth-order valence-corrected chi connectivity index (χ4v) is 6.04. The number of aromatic nitrogens is 6. The Morgan fingerprint density at radius 2 is 1.77 bits per heavy atom. The van der Waals surface area contributed by atoms with Crippen LogP contribution in [0.1, 0.15) is 52.1 Å². The molecule has 2 saturated heterocycles. The van der Waals surface area contributed by atoms with Crippen molar-refractivity contribution in [2.24, 2.45) is 0 Å². The van der Waals surface area contributed by atoms with E-state index in [-0.39, 0.29) is 24.2 Å². The van der Waals surface area contributed by atoms with E-state index in [0.717, 1.165) is 70.5 Å². The number of hydrogen-bond donors (Lipinski definition) is 1. The molecule has 10 nitrogen and oxygen atoms in total. The number of fused-ring (bicyclic) bond motifs is 3. The minimum absolute atomic E-state index is 0.188. The van der Waals surface area contributed by atoms with Crippen LogP contribution in [-0.4, -0.2) is 72.4 Å². The molecule has 6 rings (SSSR count). The molecular formula is C29H34N8O2. The van der Waals surface area contributed by atoms with Crippen LogP contribution in [0.2, 0.25) is 0 Å². The second kappa shape index (κ2) is 9.59. The lowest BCUT2D eigenvalue weighted by molar-refractivity contribution is 0.00597. The van der Waals surface area contributed by atoms with Crippen molar-refractivity contribution in [3.8, 4) is 22.4 Å². The first kappa shape index (κ1) is 25.2. The van der Waals surface area contributed by atoms with Crippen LogP contribution in [-0.2, 0) is 4.74 Å². The summed E-state index contributed by atoms with van der Waals surface area (Å²) in [5, 5.41) is 25.8. The number of benzene rings is 1. The van der Waals surface area contributed by atoms with Crippen LogP contribution in [0, 0.1) is 6.92 Å². The number of aromatic amines is 1. The van der Waals surface area contributed by atoms with E-state index in [1.54, 1.807) is 6.20 Å². The molecule has 0 spiro atoms. The van der Waals surface area contributed by atoms with Gasteiger partial charge in [0.2, 0.25) is 0 Å². The van der Waals surface area contributed by atoms with Crippen molar-refractivity contribution in [3.63, 3.8) is 0 Å². The predicted octanol–water partition coefficient (Wildman–Crippen LogP) is 5.15. The number of aryl methyl sites for hydroxylation is 1. The Hall–Kier alpha value is -4.08. The minimum Gasteiger partial charge on any atom is -0.444 e. The van der Waals surface area contributed by atoms with E-state index in [1.165, 1.54) is 0 Å².